The molecule has 0 spiro atoms. The molecule has 7 heteroatoms. The SMILES string of the molecule is CN=C(NCCCc1ccc(Cl)cc1Cl)NCc1ccc(C(N)=O)cc1. The van der Waals surface area contributed by atoms with E-state index in [4.69, 9.17) is 28.9 Å². The van der Waals surface area contributed by atoms with Crippen LogP contribution in [-0.2, 0) is 13.0 Å². The van der Waals surface area contributed by atoms with Crippen molar-refractivity contribution >= 4 is 35.1 Å². The van der Waals surface area contributed by atoms with Gasteiger partial charge in [0.15, 0.2) is 5.96 Å². The first kappa shape index (κ1) is 20.1. The molecule has 0 radical (unpaired) electrons. The first-order chi connectivity index (χ1) is 12.5. The average Bonchev–Trinajstić information content (AvgIpc) is 2.63. The fraction of sp³-hybridized carbons (Fsp3) is 0.263. The lowest BCUT2D eigenvalue weighted by Gasteiger charge is -2.12. The van der Waals surface area contributed by atoms with Gasteiger partial charge in [-0.15, -0.1) is 0 Å². The van der Waals surface area contributed by atoms with Crippen molar-refractivity contribution in [3.8, 4) is 0 Å². The lowest BCUT2D eigenvalue weighted by Crippen LogP contribution is -2.37. The van der Waals surface area contributed by atoms with Gasteiger partial charge in [0.05, 0.1) is 0 Å². The van der Waals surface area contributed by atoms with Gasteiger partial charge in [0.25, 0.3) is 0 Å². The molecule has 26 heavy (non-hydrogen) atoms. The summed E-state index contributed by atoms with van der Waals surface area (Å²) in [6.45, 7) is 1.36. The zero-order valence-corrected chi connectivity index (χ0v) is 16.1. The highest BCUT2D eigenvalue weighted by atomic mass is 35.5. The van der Waals surface area contributed by atoms with Crippen LogP contribution in [0.15, 0.2) is 47.5 Å². The topological polar surface area (TPSA) is 79.5 Å². The Morgan fingerprint density at radius 1 is 1.12 bits per heavy atom. The molecule has 4 N–H and O–H groups in total. The highest BCUT2D eigenvalue weighted by Gasteiger charge is 2.03. The molecule has 5 nitrogen and oxygen atoms in total. The zero-order chi connectivity index (χ0) is 18.9. The molecule has 0 heterocycles. The average molecular weight is 393 g/mol. The van der Waals surface area contributed by atoms with Gasteiger partial charge in [-0.05, 0) is 48.2 Å². The van der Waals surface area contributed by atoms with Gasteiger partial charge in [-0.3, -0.25) is 9.79 Å². The summed E-state index contributed by atoms with van der Waals surface area (Å²) in [5.74, 6) is 0.286. The maximum absolute atomic E-state index is 11.1. The van der Waals surface area contributed by atoms with E-state index in [2.05, 4.69) is 15.6 Å². The third-order valence-corrected chi connectivity index (χ3v) is 4.44. The molecular weight excluding hydrogens is 371 g/mol. The number of hydrogen-bond acceptors (Lipinski definition) is 2. The molecule has 0 saturated heterocycles. The van der Waals surface area contributed by atoms with Gasteiger partial charge in [0.1, 0.15) is 0 Å². The predicted molar refractivity (Wildman–Crippen MR) is 108 cm³/mol. The molecule has 0 aliphatic rings. The van der Waals surface area contributed by atoms with E-state index in [9.17, 15) is 4.79 Å². The maximum atomic E-state index is 11.1. The second-order valence-corrected chi connectivity index (χ2v) is 6.60. The van der Waals surface area contributed by atoms with Crippen molar-refractivity contribution in [2.45, 2.75) is 19.4 Å². The fourth-order valence-corrected chi connectivity index (χ4v) is 2.91. The van der Waals surface area contributed by atoms with Crippen molar-refractivity contribution in [3.63, 3.8) is 0 Å². The maximum Gasteiger partial charge on any atom is 0.248 e. The second-order valence-electron chi connectivity index (χ2n) is 5.75. The molecule has 0 aliphatic heterocycles. The molecule has 138 valence electrons. The van der Waals surface area contributed by atoms with Gasteiger partial charge in [-0.25, -0.2) is 0 Å². The third kappa shape index (κ3) is 6.24. The van der Waals surface area contributed by atoms with Crippen LogP contribution in [0.5, 0.6) is 0 Å². The molecule has 0 unspecified atom stereocenters. The second kappa shape index (κ2) is 10.0. The van der Waals surface area contributed by atoms with Crippen LogP contribution < -0.4 is 16.4 Å². The number of halogens is 2. The summed E-state index contributed by atoms with van der Waals surface area (Å²) in [5, 5.41) is 7.83. The Hall–Kier alpha value is -2.24. The summed E-state index contributed by atoms with van der Waals surface area (Å²) in [5.41, 5.74) is 7.85. The summed E-state index contributed by atoms with van der Waals surface area (Å²) >= 11 is 12.1. The van der Waals surface area contributed by atoms with Crippen molar-refractivity contribution in [1.29, 1.82) is 0 Å². The van der Waals surface area contributed by atoms with E-state index in [0.29, 0.717) is 28.1 Å². The largest absolute Gasteiger partial charge is 0.366 e. The van der Waals surface area contributed by atoms with Gasteiger partial charge >= 0.3 is 0 Å². The van der Waals surface area contributed by atoms with Crippen LogP contribution in [0.3, 0.4) is 0 Å². The molecule has 0 aromatic heterocycles. The Balaban J connectivity index is 1.74. The van der Waals surface area contributed by atoms with E-state index < -0.39 is 5.91 Å². The van der Waals surface area contributed by atoms with Crippen LogP contribution in [0.4, 0.5) is 0 Å². The number of aliphatic imine (C=N–C) groups is 1. The number of carbonyl (C=O) groups is 1. The third-order valence-electron chi connectivity index (χ3n) is 3.85. The molecule has 2 aromatic rings. The molecule has 2 rings (SSSR count). The zero-order valence-electron chi connectivity index (χ0n) is 14.6. The molecular formula is C19H22Cl2N4O. The van der Waals surface area contributed by atoms with E-state index in [1.54, 1.807) is 25.2 Å². The van der Waals surface area contributed by atoms with E-state index in [-0.39, 0.29) is 0 Å². The molecule has 0 fully saturated rings. The minimum atomic E-state index is -0.428. The Labute approximate surface area is 163 Å². The first-order valence-corrected chi connectivity index (χ1v) is 9.02. The number of rotatable bonds is 7. The van der Waals surface area contributed by atoms with Crippen LogP contribution >= 0.6 is 23.2 Å². The van der Waals surface area contributed by atoms with Gasteiger partial charge in [0.2, 0.25) is 5.91 Å². The Bertz CT molecular complexity index is 776. The fourth-order valence-electron chi connectivity index (χ4n) is 2.40. The van der Waals surface area contributed by atoms with Gasteiger partial charge in [0, 0.05) is 35.7 Å². The van der Waals surface area contributed by atoms with E-state index in [1.807, 2.05) is 24.3 Å². The number of carbonyl (C=O) groups excluding carboxylic acids is 1. The molecule has 0 aliphatic carbocycles. The smallest absolute Gasteiger partial charge is 0.248 e. The minimum Gasteiger partial charge on any atom is -0.366 e. The highest BCUT2D eigenvalue weighted by molar-refractivity contribution is 6.35. The summed E-state index contributed by atoms with van der Waals surface area (Å²) in [4.78, 5) is 15.3. The van der Waals surface area contributed by atoms with Crippen LogP contribution in [0.2, 0.25) is 10.0 Å². The molecule has 1 amide bonds. The number of nitrogens with zero attached hydrogens (tertiary/aromatic N) is 1. The number of guanidine groups is 1. The standard InChI is InChI=1S/C19H22Cl2N4O/c1-23-19(25-12-13-4-6-15(7-5-13)18(22)26)24-10-2-3-14-8-9-16(20)11-17(14)21/h4-9,11H,2-3,10,12H2,1H3,(H2,22,26)(H2,23,24,25). The predicted octanol–water partition coefficient (Wildman–Crippen LogP) is 3.39. The number of hydrogen-bond donors (Lipinski definition) is 3. The number of nitrogens with one attached hydrogen (secondary N) is 2. The molecule has 0 saturated carbocycles. The van der Waals surface area contributed by atoms with Crippen molar-refractivity contribution in [2.24, 2.45) is 10.7 Å². The summed E-state index contributed by atoms with van der Waals surface area (Å²) in [6.07, 6.45) is 1.77. The van der Waals surface area contributed by atoms with Crippen molar-refractivity contribution in [1.82, 2.24) is 10.6 Å². The van der Waals surface area contributed by atoms with Crippen molar-refractivity contribution in [3.05, 3.63) is 69.2 Å². The quantitative estimate of drug-likeness (QED) is 0.383. The lowest BCUT2D eigenvalue weighted by molar-refractivity contribution is 0.100. The van der Waals surface area contributed by atoms with Gasteiger partial charge in [-0.1, -0.05) is 41.4 Å². The number of benzene rings is 2. The van der Waals surface area contributed by atoms with E-state index in [1.165, 1.54) is 0 Å². The Morgan fingerprint density at radius 2 is 1.85 bits per heavy atom. The summed E-state index contributed by atoms with van der Waals surface area (Å²) in [7, 11) is 1.72. The van der Waals surface area contributed by atoms with Gasteiger partial charge in [-0.2, -0.15) is 0 Å². The number of primary amides is 1. The molecule has 0 atom stereocenters. The van der Waals surface area contributed by atoms with Crippen molar-refractivity contribution in [2.75, 3.05) is 13.6 Å². The van der Waals surface area contributed by atoms with Crippen LogP contribution in [0.25, 0.3) is 0 Å². The van der Waals surface area contributed by atoms with Crippen LogP contribution in [0.1, 0.15) is 27.9 Å². The van der Waals surface area contributed by atoms with Crippen LogP contribution in [0, 0.1) is 0 Å². The molecule has 0 bridgehead atoms. The Kier molecular flexibility index (Phi) is 7.75. The lowest BCUT2D eigenvalue weighted by atomic mass is 10.1. The monoisotopic (exact) mass is 392 g/mol. The van der Waals surface area contributed by atoms with E-state index in [0.717, 1.165) is 30.5 Å². The van der Waals surface area contributed by atoms with E-state index >= 15 is 0 Å². The number of nitrogens with two attached hydrogens (primary N) is 1. The summed E-state index contributed by atoms with van der Waals surface area (Å²) < 4.78 is 0. The number of aryl methyl sites for hydroxylation is 1. The number of amides is 1. The van der Waals surface area contributed by atoms with Gasteiger partial charge < -0.3 is 16.4 Å². The normalized spacial score (nSPS) is 11.3. The molecule has 2 aromatic carbocycles. The van der Waals surface area contributed by atoms with Crippen molar-refractivity contribution < 1.29 is 4.79 Å². The minimum absolute atomic E-state index is 0.428. The highest BCUT2D eigenvalue weighted by Crippen LogP contribution is 2.21. The first-order valence-electron chi connectivity index (χ1n) is 8.27. The van der Waals surface area contributed by atoms with Crippen LogP contribution in [-0.4, -0.2) is 25.5 Å². The summed E-state index contributed by atoms with van der Waals surface area (Å²) in [6, 6.07) is 12.7. The Morgan fingerprint density at radius 3 is 2.46 bits per heavy atom.